The van der Waals surface area contributed by atoms with Crippen molar-refractivity contribution in [2.24, 2.45) is 0 Å². The summed E-state index contributed by atoms with van der Waals surface area (Å²) in [5.41, 5.74) is 3.46. The predicted molar refractivity (Wildman–Crippen MR) is 135 cm³/mol. The van der Waals surface area contributed by atoms with Gasteiger partial charge in [0.25, 0.3) is 5.91 Å². The van der Waals surface area contributed by atoms with Gasteiger partial charge in [-0.1, -0.05) is 24.3 Å². The number of carbonyl (C=O) groups excluding carboxylic acids is 1. The average Bonchev–Trinajstić information content (AvgIpc) is 2.83. The van der Waals surface area contributed by atoms with Crippen molar-refractivity contribution in [2.75, 3.05) is 45.6 Å². The number of carbonyl (C=O) groups is 1. The number of fused-ring (bicyclic) bond motifs is 1. The second kappa shape index (κ2) is 10.4. The molecule has 4 rings (SSSR count). The predicted octanol–water partition coefficient (Wildman–Crippen LogP) is 3.44. The third-order valence-corrected chi connectivity index (χ3v) is 5.94. The minimum Gasteiger partial charge on any atom is -0.393 e. The van der Waals surface area contributed by atoms with Gasteiger partial charge in [0.2, 0.25) is 0 Å². The largest absolute Gasteiger partial charge is 0.393 e. The lowest BCUT2D eigenvalue weighted by Gasteiger charge is -2.32. The maximum atomic E-state index is 12.9. The number of amides is 1. The number of rotatable bonds is 7. The Kier molecular flexibility index (Phi) is 7.12. The van der Waals surface area contributed by atoms with E-state index in [4.69, 9.17) is 5.41 Å². The van der Waals surface area contributed by atoms with Crippen molar-refractivity contribution in [3.63, 3.8) is 0 Å². The highest BCUT2D eigenvalue weighted by Gasteiger charge is 2.15. The summed E-state index contributed by atoms with van der Waals surface area (Å²) in [7, 11) is 3.96. The summed E-state index contributed by atoms with van der Waals surface area (Å²) in [6.07, 6.45) is 4.86. The average molecular weight is 443 g/mol. The molecular weight excluding hydrogens is 412 g/mol. The van der Waals surface area contributed by atoms with Crippen LogP contribution >= 0.6 is 0 Å². The Bertz CT molecular complexity index is 1180. The normalized spacial score (nSPS) is 15.4. The monoisotopic (exact) mass is 442 g/mol. The molecule has 0 radical (unpaired) electrons. The van der Waals surface area contributed by atoms with Crippen LogP contribution in [0.1, 0.15) is 21.5 Å². The summed E-state index contributed by atoms with van der Waals surface area (Å²) in [5, 5.41) is 15.5. The van der Waals surface area contributed by atoms with Crippen molar-refractivity contribution in [1.82, 2.24) is 20.1 Å². The molecule has 1 aromatic heterocycles. The van der Waals surface area contributed by atoms with Gasteiger partial charge in [0.1, 0.15) is 5.82 Å². The Hall–Kier alpha value is -3.55. The molecule has 0 aliphatic carbocycles. The van der Waals surface area contributed by atoms with Gasteiger partial charge in [0, 0.05) is 74.9 Å². The molecule has 0 atom stereocenters. The molecule has 7 nitrogen and oxygen atoms in total. The lowest BCUT2D eigenvalue weighted by Crippen LogP contribution is -2.43. The molecule has 0 spiro atoms. The molecular formula is C26H30N6O. The Balaban J connectivity index is 1.49. The Morgan fingerprint density at radius 2 is 1.88 bits per heavy atom. The fourth-order valence-electron chi connectivity index (χ4n) is 4.02. The summed E-state index contributed by atoms with van der Waals surface area (Å²) in [4.78, 5) is 22.1. The molecule has 3 N–H and O–H groups in total. The topological polar surface area (TPSA) is 84.3 Å². The van der Waals surface area contributed by atoms with Crippen LogP contribution in [0.25, 0.3) is 16.3 Å². The molecule has 33 heavy (non-hydrogen) atoms. The van der Waals surface area contributed by atoms with E-state index in [1.54, 1.807) is 12.4 Å². The lowest BCUT2D eigenvalue weighted by molar-refractivity contribution is 0.102. The number of nitrogens with zero attached hydrogens (tertiary/aromatic N) is 3. The molecule has 0 saturated carbocycles. The van der Waals surface area contributed by atoms with Crippen LogP contribution in [0.15, 0.2) is 60.9 Å². The fourth-order valence-corrected chi connectivity index (χ4v) is 4.02. The van der Waals surface area contributed by atoms with Gasteiger partial charge in [-0.3, -0.25) is 9.69 Å². The SMILES string of the molecule is CN/C=C(\C=N)c1ccc2cnc(NC(=O)c3cccc(CN4CCN(C)CC4)c3)cc2c1. The highest BCUT2D eigenvalue weighted by atomic mass is 16.1. The van der Waals surface area contributed by atoms with Crippen LogP contribution in [0.5, 0.6) is 0 Å². The van der Waals surface area contributed by atoms with Crippen LogP contribution in [0.3, 0.4) is 0 Å². The number of benzene rings is 2. The van der Waals surface area contributed by atoms with E-state index >= 15 is 0 Å². The third-order valence-electron chi connectivity index (χ3n) is 5.94. The first kappa shape index (κ1) is 22.6. The molecule has 0 bridgehead atoms. The van der Waals surface area contributed by atoms with Gasteiger partial charge in [0.15, 0.2) is 0 Å². The highest BCUT2D eigenvalue weighted by molar-refractivity contribution is 6.09. The Labute approximate surface area is 194 Å². The van der Waals surface area contributed by atoms with E-state index in [1.165, 1.54) is 6.21 Å². The van der Waals surface area contributed by atoms with Crippen LogP contribution < -0.4 is 10.6 Å². The lowest BCUT2D eigenvalue weighted by atomic mass is 10.0. The van der Waals surface area contributed by atoms with Crippen molar-refractivity contribution >= 4 is 34.3 Å². The quantitative estimate of drug-likeness (QED) is 0.488. The van der Waals surface area contributed by atoms with Crippen molar-refractivity contribution in [2.45, 2.75) is 6.54 Å². The van der Waals surface area contributed by atoms with Gasteiger partial charge < -0.3 is 20.9 Å². The van der Waals surface area contributed by atoms with Crippen molar-refractivity contribution in [3.05, 3.63) is 77.6 Å². The van der Waals surface area contributed by atoms with E-state index in [0.29, 0.717) is 11.4 Å². The van der Waals surface area contributed by atoms with Crippen LogP contribution in [-0.2, 0) is 6.54 Å². The molecule has 2 heterocycles. The van der Waals surface area contributed by atoms with Crippen molar-refractivity contribution in [1.29, 1.82) is 5.41 Å². The maximum Gasteiger partial charge on any atom is 0.256 e. The third kappa shape index (κ3) is 5.63. The zero-order valence-corrected chi connectivity index (χ0v) is 19.1. The first-order chi connectivity index (χ1) is 16.1. The number of allylic oxidation sites excluding steroid dienone is 1. The number of aromatic nitrogens is 1. The van der Waals surface area contributed by atoms with Gasteiger partial charge in [-0.2, -0.15) is 0 Å². The number of anilines is 1. The fraction of sp³-hybridized carbons (Fsp3) is 0.269. The van der Waals surface area contributed by atoms with E-state index in [-0.39, 0.29) is 5.91 Å². The van der Waals surface area contributed by atoms with Crippen LogP contribution in [0, 0.1) is 5.41 Å². The molecule has 7 heteroatoms. The number of piperazine rings is 1. The first-order valence-electron chi connectivity index (χ1n) is 11.1. The molecule has 1 amide bonds. The highest BCUT2D eigenvalue weighted by Crippen LogP contribution is 2.22. The van der Waals surface area contributed by atoms with E-state index in [1.807, 2.05) is 49.5 Å². The zero-order valence-electron chi connectivity index (χ0n) is 19.1. The number of likely N-dealkylation sites (N-methyl/N-ethyl adjacent to an activating group) is 1. The van der Waals surface area contributed by atoms with Crippen LogP contribution in [0.2, 0.25) is 0 Å². The number of pyridine rings is 1. The number of hydrogen-bond acceptors (Lipinski definition) is 6. The summed E-state index contributed by atoms with van der Waals surface area (Å²) >= 11 is 0. The van der Waals surface area contributed by atoms with Crippen molar-refractivity contribution in [3.8, 4) is 0 Å². The minimum absolute atomic E-state index is 0.173. The van der Waals surface area contributed by atoms with Crippen LogP contribution in [-0.4, -0.2) is 67.2 Å². The van der Waals surface area contributed by atoms with E-state index in [0.717, 1.165) is 60.2 Å². The van der Waals surface area contributed by atoms with Gasteiger partial charge in [-0.25, -0.2) is 4.98 Å². The summed E-state index contributed by atoms with van der Waals surface area (Å²) in [5.74, 6) is 0.330. The second-order valence-electron chi connectivity index (χ2n) is 8.40. The standard InChI is InChI=1S/C26H30N6O/c1-28-16-24(15-27)20-6-7-22-17-29-25(14-23(22)13-20)30-26(33)21-5-3-4-19(12-21)18-32-10-8-31(2)9-11-32/h3-7,12-17,27-28H,8-11,18H2,1-2H3,(H,29,30,33)/b24-16+,27-15?. The van der Waals surface area contributed by atoms with Crippen LogP contribution in [0.4, 0.5) is 5.82 Å². The minimum atomic E-state index is -0.173. The molecule has 1 aliphatic heterocycles. The van der Waals surface area contributed by atoms with Gasteiger partial charge in [-0.15, -0.1) is 0 Å². The van der Waals surface area contributed by atoms with Crippen molar-refractivity contribution < 1.29 is 4.79 Å². The Morgan fingerprint density at radius 1 is 1.06 bits per heavy atom. The van der Waals surface area contributed by atoms with E-state index in [9.17, 15) is 4.79 Å². The smallest absolute Gasteiger partial charge is 0.256 e. The number of hydrogen-bond donors (Lipinski definition) is 3. The molecule has 1 aliphatic rings. The second-order valence-corrected chi connectivity index (χ2v) is 8.40. The molecule has 1 saturated heterocycles. The van der Waals surface area contributed by atoms with Gasteiger partial charge >= 0.3 is 0 Å². The molecule has 2 aromatic carbocycles. The maximum absolute atomic E-state index is 12.9. The summed E-state index contributed by atoms with van der Waals surface area (Å²) < 4.78 is 0. The summed E-state index contributed by atoms with van der Waals surface area (Å²) in [6.45, 7) is 5.07. The first-order valence-corrected chi connectivity index (χ1v) is 11.1. The molecule has 1 fully saturated rings. The zero-order chi connectivity index (χ0) is 23.2. The van der Waals surface area contributed by atoms with Gasteiger partial charge in [-0.05, 0) is 47.8 Å². The Morgan fingerprint density at radius 3 is 2.64 bits per heavy atom. The molecule has 170 valence electrons. The summed E-state index contributed by atoms with van der Waals surface area (Å²) in [6, 6.07) is 15.6. The molecule has 0 unspecified atom stereocenters. The number of nitrogens with one attached hydrogen (secondary N) is 3. The van der Waals surface area contributed by atoms with E-state index in [2.05, 4.69) is 38.5 Å². The van der Waals surface area contributed by atoms with Gasteiger partial charge in [0.05, 0.1) is 0 Å². The van der Waals surface area contributed by atoms with E-state index < -0.39 is 0 Å². The molecule has 3 aromatic rings.